The van der Waals surface area contributed by atoms with Crippen molar-refractivity contribution in [1.82, 2.24) is 10.7 Å². The number of nitrogens with one attached hydrogen (secondary N) is 2. The number of rotatable bonds is 9. The van der Waals surface area contributed by atoms with Gasteiger partial charge in [-0.15, -0.1) is 11.3 Å². The monoisotopic (exact) mass is 431 g/mol. The molecule has 0 aliphatic carbocycles. The molecule has 160 valence electrons. The molecule has 0 bridgehead atoms. The van der Waals surface area contributed by atoms with Gasteiger partial charge in [0.1, 0.15) is 11.7 Å². The van der Waals surface area contributed by atoms with Crippen LogP contribution in [0.3, 0.4) is 0 Å². The van der Waals surface area contributed by atoms with Gasteiger partial charge in [-0.25, -0.2) is 5.43 Å². The van der Waals surface area contributed by atoms with Gasteiger partial charge in [0.2, 0.25) is 5.91 Å². The fraction of sp³-hybridized carbons (Fsp3) is 0.350. The van der Waals surface area contributed by atoms with Gasteiger partial charge in [-0.2, -0.15) is 5.10 Å². The Hall–Kier alpha value is -3.27. The highest BCUT2D eigenvalue weighted by Crippen LogP contribution is 2.27. The van der Waals surface area contributed by atoms with Gasteiger partial charge in [-0.1, -0.05) is 26.0 Å². The second-order valence-corrected chi connectivity index (χ2v) is 8.21. The van der Waals surface area contributed by atoms with E-state index in [9.17, 15) is 19.7 Å². The van der Waals surface area contributed by atoms with Gasteiger partial charge < -0.3 is 10.2 Å². The first-order valence-electron chi connectivity index (χ1n) is 9.29. The summed E-state index contributed by atoms with van der Waals surface area (Å²) in [5, 5.41) is 19.8. The van der Waals surface area contributed by atoms with Crippen molar-refractivity contribution in [1.29, 1.82) is 0 Å². The first kappa shape index (κ1) is 23.0. The van der Waals surface area contributed by atoms with Gasteiger partial charge in [0.15, 0.2) is 0 Å². The number of carbonyl (C=O) groups excluding carboxylic acids is 2. The summed E-state index contributed by atoms with van der Waals surface area (Å²) in [7, 11) is 3.43. The van der Waals surface area contributed by atoms with Crippen molar-refractivity contribution < 1.29 is 14.5 Å². The number of carbonyl (C=O) groups is 2. The van der Waals surface area contributed by atoms with E-state index in [0.29, 0.717) is 11.3 Å². The summed E-state index contributed by atoms with van der Waals surface area (Å²) in [5.74, 6) is -0.849. The van der Waals surface area contributed by atoms with E-state index in [0.717, 1.165) is 4.88 Å². The third-order valence-electron chi connectivity index (χ3n) is 4.25. The molecule has 0 aliphatic heterocycles. The Bertz CT molecular complexity index is 925. The van der Waals surface area contributed by atoms with E-state index in [4.69, 9.17) is 0 Å². The fourth-order valence-electron chi connectivity index (χ4n) is 2.72. The Morgan fingerprint density at radius 2 is 2.03 bits per heavy atom. The maximum absolute atomic E-state index is 12.5. The van der Waals surface area contributed by atoms with E-state index in [1.165, 1.54) is 23.6 Å². The fourth-order valence-corrected chi connectivity index (χ4v) is 3.42. The quantitative estimate of drug-likeness (QED) is 0.359. The van der Waals surface area contributed by atoms with E-state index >= 15 is 0 Å². The van der Waals surface area contributed by atoms with Crippen LogP contribution in [0.2, 0.25) is 0 Å². The van der Waals surface area contributed by atoms with Crippen molar-refractivity contribution in [2.24, 2.45) is 11.0 Å². The molecule has 2 aromatic rings. The van der Waals surface area contributed by atoms with Crippen LogP contribution in [0, 0.1) is 16.0 Å². The van der Waals surface area contributed by atoms with E-state index < -0.39 is 16.9 Å². The average molecular weight is 432 g/mol. The third kappa shape index (κ3) is 6.38. The van der Waals surface area contributed by atoms with Crippen molar-refractivity contribution >= 4 is 40.7 Å². The topological polar surface area (TPSA) is 117 Å². The molecule has 1 aromatic carbocycles. The first-order chi connectivity index (χ1) is 14.2. The maximum Gasteiger partial charge on any atom is 0.293 e. The molecule has 2 N–H and O–H groups in total. The minimum atomic E-state index is -0.750. The van der Waals surface area contributed by atoms with Crippen molar-refractivity contribution in [3.05, 3.63) is 56.3 Å². The largest absolute Gasteiger partial charge is 0.372 e. The summed E-state index contributed by atoms with van der Waals surface area (Å²) in [6.07, 6.45) is 1.54. The van der Waals surface area contributed by atoms with Crippen molar-refractivity contribution in [2.75, 3.05) is 19.0 Å². The van der Waals surface area contributed by atoms with E-state index in [2.05, 4.69) is 15.8 Å². The van der Waals surface area contributed by atoms with E-state index in [1.54, 1.807) is 31.1 Å². The highest BCUT2D eigenvalue weighted by atomic mass is 32.1. The molecule has 0 spiro atoms. The summed E-state index contributed by atoms with van der Waals surface area (Å²) in [4.78, 5) is 38.1. The number of nitrogens with zero attached hydrogens (tertiary/aromatic N) is 3. The molecule has 0 fully saturated rings. The zero-order valence-electron chi connectivity index (χ0n) is 17.3. The second-order valence-electron chi connectivity index (χ2n) is 7.18. The summed E-state index contributed by atoms with van der Waals surface area (Å²) in [5.41, 5.74) is 3.28. The van der Waals surface area contributed by atoms with Crippen molar-refractivity contribution in [3.8, 4) is 0 Å². The second kappa shape index (κ2) is 10.5. The summed E-state index contributed by atoms with van der Waals surface area (Å²) in [6.45, 7) is 3.64. The molecule has 0 saturated carbocycles. The van der Waals surface area contributed by atoms with Crippen LogP contribution in [-0.4, -0.2) is 43.1 Å². The molecule has 0 radical (unpaired) electrons. The number of thiophene rings is 1. The highest BCUT2D eigenvalue weighted by Gasteiger charge is 2.24. The number of nitro groups is 1. The lowest BCUT2D eigenvalue weighted by molar-refractivity contribution is -0.384. The maximum atomic E-state index is 12.5. The van der Waals surface area contributed by atoms with Gasteiger partial charge in [0.05, 0.1) is 17.6 Å². The van der Waals surface area contributed by atoms with E-state index in [-0.39, 0.29) is 23.9 Å². The molecule has 2 amide bonds. The number of hydrazone groups is 1. The van der Waals surface area contributed by atoms with Crippen LogP contribution >= 0.6 is 11.3 Å². The molecule has 1 atom stereocenters. The standard InChI is InChI=1S/C20H25N5O4S/c1-13(2)19(22-18(26)11-15-6-5-9-30-15)20(27)23-21-12-14-7-8-16(24(3)4)17(10-14)25(28)29/h5-10,12-13,19H,11H2,1-4H3,(H,22,26)(H,23,27)/b21-12+. The van der Waals surface area contributed by atoms with Gasteiger partial charge in [0, 0.05) is 30.6 Å². The summed E-state index contributed by atoms with van der Waals surface area (Å²) in [6, 6.07) is 7.64. The highest BCUT2D eigenvalue weighted by molar-refractivity contribution is 7.10. The molecule has 2 rings (SSSR count). The molecule has 1 aromatic heterocycles. The predicted molar refractivity (Wildman–Crippen MR) is 118 cm³/mol. The number of anilines is 1. The number of amides is 2. The molecular weight excluding hydrogens is 406 g/mol. The molecule has 0 saturated heterocycles. The Balaban J connectivity index is 2.02. The van der Waals surface area contributed by atoms with Crippen LogP contribution in [0.5, 0.6) is 0 Å². The molecular formula is C20H25N5O4S. The zero-order valence-corrected chi connectivity index (χ0v) is 18.1. The predicted octanol–water partition coefficient (Wildman–Crippen LogP) is 2.56. The summed E-state index contributed by atoms with van der Waals surface area (Å²) < 4.78 is 0. The van der Waals surface area contributed by atoms with Crippen LogP contribution in [0.15, 0.2) is 40.8 Å². The zero-order chi connectivity index (χ0) is 22.3. The minimum Gasteiger partial charge on any atom is -0.372 e. The van der Waals surface area contributed by atoms with Crippen LogP contribution in [0.4, 0.5) is 11.4 Å². The van der Waals surface area contributed by atoms with Crippen molar-refractivity contribution in [2.45, 2.75) is 26.3 Å². The van der Waals surface area contributed by atoms with Crippen LogP contribution < -0.4 is 15.6 Å². The lowest BCUT2D eigenvalue weighted by Gasteiger charge is -2.20. The van der Waals surface area contributed by atoms with Gasteiger partial charge in [0.25, 0.3) is 11.6 Å². The van der Waals surface area contributed by atoms with Crippen molar-refractivity contribution in [3.63, 3.8) is 0 Å². The minimum absolute atomic E-state index is 0.0591. The van der Waals surface area contributed by atoms with Crippen LogP contribution in [-0.2, 0) is 16.0 Å². The van der Waals surface area contributed by atoms with Gasteiger partial charge in [-0.05, 0) is 23.4 Å². The first-order valence-corrected chi connectivity index (χ1v) is 10.2. The number of nitro benzene ring substituents is 1. The van der Waals surface area contributed by atoms with Crippen LogP contribution in [0.25, 0.3) is 0 Å². The number of benzene rings is 1. The SMILES string of the molecule is CC(C)C(NC(=O)Cc1cccs1)C(=O)N/N=C/c1ccc(N(C)C)c([N+](=O)[O-])c1. The van der Waals surface area contributed by atoms with Gasteiger partial charge >= 0.3 is 0 Å². The third-order valence-corrected chi connectivity index (χ3v) is 5.12. The summed E-state index contributed by atoms with van der Waals surface area (Å²) >= 11 is 1.48. The normalized spacial score (nSPS) is 12.0. The molecule has 30 heavy (non-hydrogen) atoms. The molecule has 0 aliphatic rings. The molecule has 1 unspecified atom stereocenters. The molecule has 9 nitrogen and oxygen atoms in total. The Labute approximate surface area is 178 Å². The van der Waals surface area contributed by atoms with E-state index in [1.807, 2.05) is 31.4 Å². The smallest absolute Gasteiger partial charge is 0.293 e. The molecule has 10 heteroatoms. The number of hydrogen-bond acceptors (Lipinski definition) is 7. The molecule has 1 heterocycles. The Morgan fingerprint density at radius 1 is 1.30 bits per heavy atom. The average Bonchev–Trinajstić information content (AvgIpc) is 3.18. The lowest BCUT2D eigenvalue weighted by atomic mass is 10.0. The Morgan fingerprint density at radius 3 is 2.60 bits per heavy atom. The lowest BCUT2D eigenvalue weighted by Crippen LogP contribution is -2.49. The number of hydrogen-bond donors (Lipinski definition) is 2. The van der Waals surface area contributed by atoms with Crippen LogP contribution in [0.1, 0.15) is 24.3 Å². The Kier molecular flexibility index (Phi) is 8.05. The van der Waals surface area contributed by atoms with Gasteiger partial charge in [-0.3, -0.25) is 19.7 Å².